The Morgan fingerprint density at radius 2 is 2.00 bits per heavy atom. The molecule has 0 aromatic carbocycles. The van der Waals surface area contributed by atoms with E-state index < -0.39 is 11.6 Å². The van der Waals surface area contributed by atoms with Crippen LogP contribution in [0.2, 0.25) is 0 Å². The van der Waals surface area contributed by atoms with Gasteiger partial charge in [-0.1, -0.05) is 6.92 Å². The molecule has 1 saturated carbocycles. The van der Waals surface area contributed by atoms with Gasteiger partial charge in [0.15, 0.2) is 0 Å². The van der Waals surface area contributed by atoms with Crippen molar-refractivity contribution in [3.63, 3.8) is 0 Å². The van der Waals surface area contributed by atoms with Gasteiger partial charge >= 0.3 is 6.03 Å². The van der Waals surface area contributed by atoms with E-state index in [1.807, 2.05) is 6.92 Å². The number of imide groups is 1. The third-order valence-electron chi connectivity index (χ3n) is 3.66. The molecule has 16 heavy (non-hydrogen) atoms. The standard InChI is InChI=1S/C11H16N2O3/c1-2-8(14)7-3-5-11(6-4-7)9(15)12-10(16)13-11/h7H,2-6H2,1H3,(H2,12,13,15,16). The summed E-state index contributed by atoms with van der Waals surface area (Å²) in [7, 11) is 0. The summed E-state index contributed by atoms with van der Waals surface area (Å²) in [6.07, 6.45) is 3.08. The van der Waals surface area contributed by atoms with Crippen LogP contribution in [0.3, 0.4) is 0 Å². The molecule has 2 fully saturated rings. The number of rotatable bonds is 2. The molecule has 0 unspecified atom stereocenters. The maximum atomic E-state index is 11.6. The average Bonchev–Trinajstić information content (AvgIpc) is 2.54. The molecule has 3 amide bonds. The Hall–Kier alpha value is -1.39. The number of hydrogen-bond acceptors (Lipinski definition) is 3. The van der Waals surface area contributed by atoms with E-state index >= 15 is 0 Å². The summed E-state index contributed by atoms with van der Waals surface area (Å²) in [5.74, 6) is 0.0976. The smallest absolute Gasteiger partial charge is 0.322 e. The van der Waals surface area contributed by atoms with Gasteiger partial charge in [-0.15, -0.1) is 0 Å². The second-order valence-electron chi connectivity index (χ2n) is 4.58. The Balaban J connectivity index is 2.02. The molecular formula is C11H16N2O3. The van der Waals surface area contributed by atoms with E-state index in [9.17, 15) is 14.4 Å². The Morgan fingerprint density at radius 1 is 1.38 bits per heavy atom. The number of amides is 3. The fourth-order valence-electron chi connectivity index (χ4n) is 2.60. The molecule has 5 heteroatoms. The van der Waals surface area contributed by atoms with Crippen LogP contribution in [0.15, 0.2) is 0 Å². The molecule has 2 aliphatic rings. The van der Waals surface area contributed by atoms with Crippen molar-refractivity contribution < 1.29 is 14.4 Å². The molecule has 0 atom stereocenters. The van der Waals surface area contributed by atoms with Crippen molar-refractivity contribution in [3.05, 3.63) is 0 Å². The number of hydrogen-bond donors (Lipinski definition) is 2. The third-order valence-corrected chi connectivity index (χ3v) is 3.66. The maximum absolute atomic E-state index is 11.6. The Labute approximate surface area is 94.0 Å². The third kappa shape index (κ3) is 1.70. The lowest BCUT2D eigenvalue weighted by molar-refractivity contribution is -0.129. The first-order chi connectivity index (χ1) is 7.57. The molecule has 1 saturated heterocycles. The van der Waals surface area contributed by atoms with Crippen molar-refractivity contribution in [1.29, 1.82) is 0 Å². The zero-order valence-electron chi connectivity index (χ0n) is 9.34. The number of carbonyl (C=O) groups excluding carboxylic acids is 3. The molecule has 0 bridgehead atoms. The molecule has 5 nitrogen and oxygen atoms in total. The van der Waals surface area contributed by atoms with E-state index in [2.05, 4.69) is 10.6 Å². The van der Waals surface area contributed by atoms with Crippen molar-refractivity contribution in [2.24, 2.45) is 5.92 Å². The van der Waals surface area contributed by atoms with E-state index in [-0.39, 0.29) is 17.6 Å². The first kappa shape index (κ1) is 11.1. The molecule has 1 spiro atoms. The van der Waals surface area contributed by atoms with Gasteiger partial charge in [0.1, 0.15) is 11.3 Å². The Kier molecular flexibility index (Phi) is 2.69. The minimum absolute atomic E-state index is 0.0703. The van der Waals surface area contributed by atoms with E-state index in [1.54, 1.807) is 0 Å². The molecule has 88 valence electrons. The largest absolute Gasteiger partial charge is 0.323 e. The highest BCUT2D eigenvalue weighted by atomic mass is 16.2. The second kappa shape index (κ2) is 3.88. The molecular weight excluding hydrogens is 208 g/mol. The van der Waals surface area contributed by atoms with Crippen LogP contribution in [-0.2, 0) is 9.59 Å². The van der Waals surface area contributed by atoms with E-state index in [4.69, 9.17) is 0 Å². The van der Waals surface area contributed by atoms with Crippen LogP contribution in [0.25, 0.3) is 0 Å². The summed E-state index contributed by atoms with van der Waals surface area (Å²) >= 11 is 0. The van der Waals surface area contributed by atoms with Gasteiger partial charge in [-0.3, -0.25) is 14.9 Å². The molecule has 2 rings (SSSR count). The van der Waals surface area contributed by atoms with Crippen LogP contribution in [-0.4, -0.2) is 23.3 Å². The SMILES string of the molecule is CCC(=O)C1CCC2(CC1)NC(=O)NC2=O. The first-order valence-electron chi connectivity index (χ1n) is 5.74. The van der Waals surface area contributed by atoms with Gasteiger partial charge in [0.05, 0.1) is 0 Å². The highest BCUT2D eigenvalue weighted by Crippen LogP contribution is 2.34. The van der Waals surface area contributed by atoms with Gasteiger partial charge in [-0.25, -0.2) is 4.79 Å². The lowest BCUT2D eigenvalue weighted by Crippen LogP contribution is -2.50. The summed E-state index contributed by atoms with van der Waals surface area (Å²) in [5.41, 5.74) is -0.735. The summed E-state index contributed by atoms with van der Waals surface area (Å²) in [4.78, 5) is 34.2. The quantitative estimate of drug-likeness (QED) is 0.679. The minimum atomic E-state index is -0.735. The van der Waals surface area contributed by atoms with Gasteiger partial charge < -0.3 is 5.32 Å². The average molecular weight is 224 g/mol. The molecule has 0 radical (unpaired) electrons. The predicted molar refractivity (Wildman–Crippen MR) is 56.7 cm³/mol. The lowest BCUT2D eigenvalue weighted by atomic mass is 9.75. The van der Waals surface area contributed by atoms with Gasteiger partial charge in [0.2, 0.25) is 0 Å². The normalized spacial score (nSPS) is 33.7. The molecule has 1 heterocycles. The molecule has 1 aliphatic carbocycles. The number of nitrogens with one attached hydrogen (secondary N) is 2. The topological polar surface area (TPSA) is 75.3 Å². The van der Waals surface area contributed by atoms with Gasteiger partial charge in [-0.2, -0.15) is 0 Å². The van der Waals surface area contributed by atoms with E-state index in [1.165, 1.54) is 0 Å². The van der Waals surface area contributed by atoms with Crippen molar-refractivity contribution in [2.45, 2.75) is 44.6 Å². The van der Waals surface area contributed by atoms with E-state index in [0.29, 0.717) is 32.1 Å². The van der Waals surface area contributed by atoms with Crippen LogP contribution in [0.4, 0.5) is 4.79 Å². The predicted octanol–water partition coefficient (Wildman–Crippen LogP) is 0.734. The molecule has 0 aromatic heterocycles. The second-order valence-corrected chi connectivity index (χ2v) is 4.58. The van der Waals surface area contributed by atoms with E-state index in [0.717, 1.165) is 0 Å². The number of Topliss-reactive ketones (excluding diaryl/α,β-unsaturated/α-hetero) is 1. The highest BCUT2D eigenvalue weighted by Gasteiger charge is 2.48. The summed E-state index contributed by atoms with van der Waals surface area (Å²) in [6, 6.07) is -0.412. The summed E-state index contributed by atoms with van der Waals surface area (Å²) in [5, 5.41) is 4.95. The maximum Gasteiger partial charge on any atom is 0.322 e. The summed E-state index contributed by atoms with van der Waals surface area (Å²) < 4.78 is 0. The van der Waals surface area contributed by atoms with Crippen molar-refractivity contribution in [1.82, 2.24) is 10.6 Å². The Morgan fingerprint density at radius 3 is 2.44 bits per heavy atom. The zero-order chi connectivity index (χ0) is 11.8. The summed E-state index contributed by atoms with van der Waals surface area (Å²) in [6.45, 7) is 1.86. The monoisotopic (exact) mass is 224 g/mol. The van der Waals surface area contributed by atoms with Crippen LogP contribution < -0.4 is 10.6 Å². The molecule has 2 N–H and O–H groups in total. The number of urea groups is 1. The fourth-order valence-corrected chi connectivity index (χ4v) is 2.60. The number of ketones is 1. The van der Waals surface area contributed by atoms with Gasteiger partial charge in [0, 0.05) is 12.3 Å². The first-order valence-corrected chi connectivity index (χ1v) is 5.74. The lowest BCUT2D eigenvalue weighted by Gasteiger charge is -2.33. The zero-order valence-corrected chi connectivity index (χ0v) is 9.34. The van der Waals surface area contributed by atoms with Crippen molar-refractivity contribution in [3.8, 4) is 0 Å². The van der Waals surface area contributed by atoms with Crippen LogP contribution in [0, 0.1) is 5.92 Å². The van der Waals surface area contributed by atoms with Gasteiger partial charge in [-0.05, 0) is 25.7 Å². The van der Waals surface area contributed by atoms with Gasteiger partial charge in [0.25, 0.3) is 5.91 Å². The van der Waals surface area contributed by atoms with Crippen LogP contribution in [0.5, 0.6) is 0 Å². The van der Waals surface area contributed by atoms with Crippen molar-refractivity contribution in [2.75, 3.05) is 0 Å². The highest BCUT2D eigenvalue weighted by molar-refractivity contribution is 6.07. The molecule has 1 aliphatic heterocycles. The minimum Gasteiger partial charge on any atom is -0.323 e. The number of carbonyl (C=O) groups is 3. The van der Waals surface area contributed by atoms with Crippen molar-refractivity contribution >= 4 is 17.7 Å². The van der Waals surface area contributed by atoms with Crippen LogP contribution >= 0.6 is 0 Å². The van der Waals surface area contributed by atoms with Crippen LogP contribution in [0.1, 0.15) is 39.0 Å². The Bertz CT molecular complexity index is 343. The fraction of sp³-hybridized carbons (Fsp3) is 0.727. The molecule has 0 aromatic rings.